The molecule has 0 radical (unpaired) electrons. The van der Waals surface area contributed by atoms with Crippen LogP contribution in [-0.4, -0.2) is 5.11 Å². The Balaban J connectivity index is 2.10. The second kappa shape index (κ2) is 6.12. The summed E-state index contributed by atoms with van der Waals surface area (Å²) in [5.74, 6) is -1.43. The highest BCUT2D eigenvalue weighted by molar-refractivity contribution is 9.10. The Labute approximate surface area is 117 Å². The van der Waals surface area contributed by atoms with Crippen molar-refractivity contribution in [2.24, 2.45) is 0 Å². The summed E-state index contributed by atoms with van der Waals surface area (Å²) in [5, 5.41) is 8.91. The lowest BCUT2D eigenvalue weighted by molar-refractivity contribution is 0.280. The molecular weight excluding hydrogens is 318 g/mol. The molecule has 2 aromatic carbocycles. The molecule has 0 bridgehead atoms. The summed E-state index contributed by atoms with van der Waals surface area (Å²) in [4.78, 5) is 0. The smallest absolute Gasteiger partial charge is 0.169 e. The van der Waals surface area contributed by atoms with Crippen molar-refractivity contribution < 1.29 is 18.6 Å². The van der Waals surface area contributed by atoms with Gasteiger partial charge in [0.25, 0.3) is 0 Å². The van der Waals surface area contributed by atoms with Gasteiger partial charge in [0, 0.05) is 6.07 Å². The van der Waals surface area contributed by atoms with Gasteiger partial charge >= 0.3 is 0 Å². The van der Waals surface area contributed by atoms with Gasteiger partial charge in [0.1, 0.15) is 12.4 Å². The number of rotatable bonds is 4. The molecule has 2 nitrogen and oxygen atoms in total. The van der Waals surface area contributed by atoms with E-state index in [-0.39, 0.29) is 23.4 Å². The predicted molar refractivity (Wildman–Crippen MR) is 70.8 cm³/mol. The highest BCUT2D eigenvalue weighted by atomic mass is 79.9. The summed E-state index contributed by atoms with van der Waals surface area (Å²) in [6, 6.07) is 8.99. The Morgan fingerprint density at radius 2 is 1.68 bits per heavy atom. The average molecular weight is 329 g/mol. The van der Waals surface area contributed by atoms with E-state index in [1.165, 1.54) is 0 Å². The maximum absolute atomic E-state index is 13.5. The molecule has 5 heteroatoms. The predicted octanol–water partition coefficient (Wildman–Crippen LogP) is 3.80. The van der Waals surface area contributed by atoms with E-state index in [0.29, 0.717) is 0 Å². The summed E-state index contributed by atoms with van der Waals surface area (Å²) in [6.45, 7) is 0.131. The van der Waals surface area contributed by atoms with Crippen LogP contribution in [0, 0.1) is 11.6 Å². The van der Waals surface area contributed by atoms with Gasteiger partial charge in [-0.1, -0.05) is 24.3 Å². The van der Waals surface area contributed by atoms with Gasteiger partial charge in [-0.25, -0.2) is 8.78 Å². The summed E-state index contributed by atoms with van der Waals surface area (Å²) in [7, 11) is 0. The van der Waals surface area contributed by atoms with Gasteiger partial charge in [-0.2, -0.15) is 0 Å². The quantitative estimate of drug-likeness (QED) is 0.925. The minimum Gasteiger partial charge on any atom is -0.485 e. The Hall–Kier alpha value is -1.46. The van der Waals surface area contributed by atoms with Crippen LogP contribution < -0.4 is 4.74 Å². The number of aliphatic hydroxyl groups excluding tert-OH is 1. The van der Waals surface area contributed by atoms with Gasteiger partial charge in [0.15, 0.2) is 11.6 Å². The molecule has 0 saturated heterocycles. The van der Waals surface area contributed by atoms with Crippen LogP contribution in [0.5, 0.6) is 5.75 Å². The molecule has 1 N–H and O–H groups in total. The molecular formula is C14H11BrF2O2. The maximum Gasteiger partial charge on any atom is 0.169 e. The first-order valence-corrected chi connectivity index (χ1v) is 6.35. The molecule has 100 valence electrons. The highest BCUT2D eigenvalue weighted by Crippen LogP contribution is 2.29. The fourth-order valence-corrected chi connectivity index (χ4v) is 2.09. The van der Waals surface area contributed by atoms with Crippen LogP contribution in [0.4, 0.5) is 8.78 Å². The number of benzene rings is 2. The standard InChI is InChI=1S/C14H11BrF2O2/c15-12-5-11(16)6-13(17)14(12)19-8-10-3-1-9(7-18)2-4-10/h1-6,18H,7-8H2. The van der Waals surface area contributed by atoms with Gasteiger partial charge in [0.2, 0.25) is 0 Å². The number of halogens is 3. The normalized spacial score (nSPS) is 10.5. The van der Waals surface area contributed by atoms with E-state index in [9.17, 15) is 8.78 Å². The van der Waals surface area contributed by atoms with Crippen LogP contribution in [0.1, 0.15) is 11.1 Å². The van der Waals surface area contributed by atoms with Crippen molar-refractivity contribution in [3.05, 3.63) is 63.6 Å². The fraction of sp³-hybridized carbons (Fsp3) is 0.143. The summed E-state index contributed by atoms with van der Waals surface area (Å²) in [6.07, 6.45) is 0. The van der Waals surface area contributed by atoms with Crippen LogP contribution in [-0.2, 0) is 13.2 Å². The molecule has 0 saturated carbocycles. The number of hydrogen-bond acceptors (Lipinski definition) is 2. The van der Waals surface area contributed by atoms with Crippen molar-refractivity contribution in [3.63, 3.8) is 0 Å². The zero-order valence-electron chi connectivity index (χ0n) is 9.87. The molecule has 0 aromatic heterocycles. The number of ether oxygens (including phenoxy) is 1. The van der Waals surface area contributed by atoms with E-state index in [4.69, 9.17) is 9.84 Å². The van der Waals surface area contributed by atoms with Crippen LogP contribution in [0.25, 0.3) is 0 Å². The lowest BCUT2D eigenvalue weighted by Gasteiger charge is -2.09. The first kappa shape index (κ1) is 14.0. The molecule has 0 unspecified atom stereocenters. The average Bonchev–Trinajstić information content (AvgIpc) is 2.38. The van der Waals surface area contributed by atoms with E-state index in [0.717, 1.165) is 23.3 Å². The molecule has 0 aliphatic carbocycles. The van der Waals surface area contributed by atoms with Crippen molar-refractivity contribution >= 4 is 15.9 Å². The van der Waals surface area contributed by atoms with Crippen LogP contribution in [0.15, 0.2) is 40.9 Å². The van der Waals surface area contributed by atoms with Crippen LogP contribution in [0.2, 0.25) is 0 Å². The Morgan fingerprint density at radius 3 is 2.26 bits per heavy atom. The minimum absolute atomic E-state index is 0.0207. The van der Waals surface area contributed by atoms with E-state index >= 15 is 0 Å². The Kier molecular flexibility index (Phi) is 4.50. The van der Waals surface area contributed by atoms with Crippen LogP contribution >= 0.6 is 15.9 Å². The van der Waals surface area contributed by atoms with Crippen molar-refractivity contribution in [1.29, 1.82) is 0 Å². The monoisotopic (exact) mass is 328 g/mol. The van der Waals surface area contributed by atoms with Gasteiger partial charge in [0.05, 0.1) is 11.1 Å². The molecule has 0 atom stereocenters. The third-order valence-corrected chi connectivity index (χ3v) is 3.14. The van der Waals surface area contributed by atoms with Crippen molar-refractivity contribution in [3.8, 4) is 5.75 Å². The van der Waals surface area contributed by atoms with Gasteiger partial charge in [-0.05, 0) is 33.1 Å². The summed E-state index contributed by atoms with van der Waals surface area (Å²) < 4.78 is 32.0. The van der Waals surface area contributed by atoms with Crippen molar-refractivity contribution in [2.45, 2.75) is 13.2 Å². The largest absolute Gasteiger partial charge is 0.485 e. The van der Waals surface area contributed by atoms with Crippen LogP contribution in [0.3, 0.4) is 0 Å². The van der Waals surface area contributed by atoms with Gasteiger partial charge in [-0.3, -0.25) is 0 Å². The van der Waals surface area contributed by atoms with Gasteiger partial charge in [-0.15, -0.1) is 0 Å². The minimum atomic E-state index is -0.751. The highest BCUT2D eigenvalue weighted by Gasteiger charge is 2.11. The SMILES string of the molecule is OCc1ccc(COc2c(F)cc(F)cc2Br)cc1. The molecule has 2 rings (SSSR count). The molecule has 0 aliphatic rings. The second-order valence-corrected chi connectivity index (χ2v) is 4.82. The zero-order chi connectivity index (χ0) is 13.8. The third-order valence-electron chi connectivity index (χ3n) is 2.55. The Bertz CT molecular complexity index is 547. The second-order valence-electron chi connectivity index (χ2n) is 3.96. The van der Waals surface area contributed by atoms with E-state index in [1.807, 2.05) is 0 Å². The Morgan fingerprint density at radius 1 is 1.05 bits per heavy atom. The van der Waals surface area contributed by atoms with E-state index in [2.05, 4.69) is 15.9 Å². The first-order chi connectivity index (χ1) is 9.10. The molecule has 0 spiro atoms. The first-order valence-electron chi connectivity index (χ1n) is 5.56. The topological polar surface area (TPSA) is 29.5 Å². The molecule has 19 heavy (non-hydrogen) atoms. The molecule has 0 heterocycles. The summed E-state index contributed by atoms with van der Waals surface area (Å²) in [5.41, 5.74) is 1.62. The van der Waals surface area contributed by atoms with Crippen molar-refractivity contribution in [2.75, 3.05) is 0 Å². The number of hydrogen-bond donors (Lipinski definition) is 1. The fourth-order valence-electron chi connectivity index (χ4n) is 1.56. The lowest BCUT2D eigenvalue weighted by atomic mass is 10.1. The maximum atomic E-state index is 13.5. The summed E-state index contributed by atoms with van der Waals surface area (Å²) >= 11 is 3.06. The lowest BCUT2D eigenvalue weighted by Crippen LogP contribution is -1.99. The van der Waals surface area contributed by atoms with E-state index < -0.39 is 11.6 Å². The van der Waals surface area contributed by atoms with Gasteiger partial charge < -0.3 is 9.84 Å². The molecule has 0 fully saturated rings. The number of aliphatic hydroxyl groups is 1. The third kappa shape index (κ3) is 3.52. The van der Waals surface area contributed by atoms with E-state index in [1.54, 1.807) is 24.3 Å². The van der Waals surface area contributed by atoms with Crippen molar-refractivity contribution in [1.82, 2.24) is 0 Å². The molecule has 0 aliphatic heterocycles. The zero-order valence-corrected chi connectivity index (χ0v) is 11.5. The molecule has 2 aromatic rings. The molecule has 0 amide bonds.